The fourth-order valence-corrected chi connectivity index (χ4v) is 5.54. The van der Waals surface area contributed by atoms with Crippen LogP contribution < -0.4 is 10.1 Å². The summed E-state index contributed by atoms with van der Waals surface area (Å²) in [6, 6.07) is 10.0. The number of ether oxygens (including phenoxy) is 2. The molecule has 2 aromatic heterocycles. The number of methoxy groups -OCH3 is 1. The molecule has 0 aliphatic heterocycles. The summed E-state index contributed by atoms with van der Waals surface area (Å²) in [7, 11) is 5.25. The molecule has 3 aromatic rings. The van der Waals surface area contributed by atoms with Crippen LogP contribution in [0, 0.1) is 0 Å². The third kappa shape index (κ3) is 7.51. The van der Waals surface area contributed by atoms with Crippen LogP contribution >= 0.6 is 34.8 Å². The van der Waals surface area contributed by atoms with E-state index in [0.29, 0.717) is 62.8 Å². The third-order valence-electron chi connectivity index (χ3n) is 7.14. The summed E-state index contributed by atoms with van der Waals surface area (Å²) in [6.45, 7) is 1.31. The zero-order valence-electron chi connectivity index (χ0n) is 23.6. The van der Waals surface area contributed by atoms with Gasteiger partial charge in [-0.3, -0.25) is 9.78 Å². The number of aromatic nitrogens is 2. The number of carbonyl (C=O) groups excluding carboxylic acids is 2. The first-order valence-electron chi connectivity index (χ1n) is 13.5. The van der Waals surface area contributed by atoms with Crippen molar-refractivity contribution in [2.24, 2.45) is 0 Å². The average molecular weight is 636 g/mol. The molecular formula is C30H33Cl3N4O5. The van der Waals surface area contributed by atoms with Crippen molar-refractivity contribution in [3.63, 3.8) is 0 Å². The summed E-state index contributed by atoms with van der Waals surface area (Å²) in [5.74, 6) is -0.657. The molecule has 1 aromatic carbocycles. The van der Waals surface area contributed by atoms with Gasteiger partial charge in [0.25, 0.3) is 5.91 Å². The van der Waals surface area contributed by atoms with E-state index in [2.05, 4.69) is 15.2 Å². The highest BCUT2D eigenvalue weighted by Gasteiger charge is 2.44. The molecule has 2 heterocycles. The summed E-state index contributed by atoms with van der Waals surface area (Å²) in [5, 5.41) is 14.0. The Kier molecular flexibility index (Phi) is 10.7. The first-order valence-corrected chi connectivity index (χ1v) is 14.7. The highest BCUT2D eigenvalue weighted by atomic mass is 35.5. The van der Waals surface area contributed by atoms with Gasteiger partial charge in [0.2, 0.25) is 0 Å². The lowest BCUT2D eigenvalue weighted by Gasteiger charge is -2.36. The van der Waals surface area contributed by atoms with Crippen molar-refractivity contribution in [2.45, 2.75) is 43.7 Å². The van der Waals surface area contributed by atoms with E-state index >= 15 is 0 Å². The molecule has 224 valence electrons. The number of halogens is 3. The van der Waals surface area contributed by atoms with Crippen LogP contribution in [0.1, 0.15) is 42.6 Å². The molecule has 1 aliphatic carbocycles. The number of rotatable bonds is 10. The monoisotopic (exact) mass is 634 g/mol. The molecule has 0 saturated heterocycles. The zero-order valence-corrected chi connectivity index (χ0v) is 25.9. The first kappa shape index (κ1) is 32.0. The highest BCUT2D eigenvalue weighted by molar-refractivity contribution is 6.36. The highest BCUT2D eigenvalue weighted by Crippen LogP contribution is 2.38. The van der Waals surface area contributed by atoms with Crippen molar-refractivity contribution in [1.82, 2.24) is 20.2 Å². The molecule has 0 spiro atoms. The number of carbonyl (C=O) groups is 2. The Morgan fingerprint density at radius 2 is 1.81 bits per heavy atom. The van der Waals surface area contributed by atoms with Gasteiger partial charge < -0.3 is 24.8 Å². The molecule has 0 unspecified atom stereocenters. The predicted octanol–water partition coefficient (Wildman–Crippen LogP) is 5.68. The van der Waals surface area contributed by atoms with Crippen LogP contribution in [-0.4, -0.2) is 77.9 Å². The standard InChI is InChI=1S/C30H33Cl3N4O5/c1-37(2)13-4-14-42-25-15-18(5-7-22(25)32)26-21(27-23(33)16-19(31)17-34-27)6-8-24(35-26)28(39)36-30(29(40)41-3)11-9-20(38)10-12-30/h5-8,15-17,20,38H,4,9-14H2,1-3H3,(H,36,39)/t20-,30-. The molecule has 1 amide bonds. The number of nitrogens with zero attached hydrogens (tertiary/aromatic N) is 3. The zero-order chi connectivity index (χ0) is 30.4. The Labute approximate surface area is 260 Å². The summed E-state index contributed by atoms with van der Waals surface area (Å²) < 4.78 is 11.0. The molecular weight excluding hydrogens is 603 g/mol. The molecule has 12 heteroatoms. The minimum atomic E-state index is -1.26. The van der Waals surface area contributed by atoms with Crippen LogP contribution in [0.4, 0.5) is 0 Å². The van der Waals surface area contributed by atoms with Gasteiger partial charge in [0.1, 0.15) is 17.0 Å². The normalized spacial score (nSPS) is 18.5. The topological polar surface area (TPSA) is 114 Å². The second-order valence-electron chi connectivity index (χ2n) is 10.5. The molecule has 0 atom stereocenters. The lowest BCUT2D eigenvalue weighted by molar-refractivity contribution is -0.150. The van der Waals surface area contributed by atoms with Gasteiger partial charge in [-0.1, -0.05) is 40.9 Å². The van der Waals surface area contributed by atoms with E-state index in [9.17, 15) is 14.7 Å². The third-order valence-corrected chi connectivity index (χ3v) is 7.95. The van der Waals surface area contributed by atoms with E-state index < -0.39 is 23.5 Å². The Balaban J connectivity index is 1.74. The van der Waals surface area contributed by atoms with Crippen molar-refractivity contribution >= 4 is 46.7 Å². The molecule has 1 fully saturated rings. The minimum absolute atomic E-state index is 0.0663. The largest absolute Gasteiger partial charge is 0.492 e. The summed E-state index contributed by atoms with van der Waals surface area (Å²) in [6.07, 6.45) is 2.94. The number of hydrogen-bond donors (Lipinski definition) is 2. The van der Waals surface area contributed by atoms with Gasteiger partial charge in [-0.15, -0.1) is 0 Å². The lowest BCUT2D eigenvalue weighted by atomic mass is 9.80. The lowest BCUT2D eigenvalue weighted by Crippen LogP contribution is -2.57. The molecule has 2 N–H and O–H groups in total. The average Bonchev–Trinajstić information content (AvgIpc) is 2.96. The number of hydrogen-bond acceptors (Lipinski definition) is 8. The van der Waals surface area contributed by atoms with E-state index in [1.54, 1.807) is 30.3 Å². The van der Waals surface area contributed by atoms with Crippen LogP contribution in [-0.2, 0) is 9.53 Å². The number of aliphatic hydroxyl groups is 1. The maximum atomic E-state index is 13.6. The van der Waals surface area contributed by atoms with Gasteiger partial charge in [-0.25, -0.2) is 9.78 Å². The molecule has 9 nitrogen and oxygen atoms in total. The van der Waals surface area contributed by atoms with Crippen LogP contribution in [0.25, 0.3) is 22.5 Å². The Hall–Kier alpha value is -2.95. The molecule has 1 saturated carbocycles. The fraction of sp³-hybridized carbons (Fsp3) is 0.400. The van der Waals surface area contributed by atoms with Crippen LogP contribution in [0.3, 0.4) is 0 Å². The summed E-state index contributed by atoms with van der Waals surface area (Å²) in [4.78, 5) is 37.5. The van der Waals surface area contributed by atoms with Gasteiger partial charge in [0.15, 0.2) is 0 Å². The van der Waals surface area contributed by atoms with E-state index in [0.717, 1.165) is 13.0 Å². The molecule has 0 bridgehead atoms. The first-order chi connectivity index (χ1) is 20.0. The quantitative estimate of drug-likeness (QED) is 0.216. The number of pyridine rings is 2. The fourth-order valence-electron chi connectivity index (χ4n) is 4.89. The summed E-state index contributed by atoms with van der Waals surface area (Å²) >= 11 is 19.1. The number of amides is 1. The van der Waals surface area contributed by atoms with E-state index in [1.807, 2.05) is 14.1 Å². The van der Waals surface area contributed by atoms with Gasteiger partial charge in [-0.05, 0) is 76.5 Å². The van der Waals surface area contributed by atoms with Gasteiger partial charge in [-0.2, -0.15) is 0 Å². The summed E-state index contributed by atoms with van der Waals surface area (Å²) in [5.41, 5.74) is 0.796. The van der Waals surface area contributed by atoms with E-state index in [1.165, 1.54) is 19.4 Å². The second kappa shape index (κ2) is 14.0. The van der Waals surface area contributed by atoms with E-state index in [-0.39, 0.29) is 18.5 Å². The maximum Gasteiger partial charge on any atom is 0.331 e. The van der Waals surface area contributed by atoms with Gasteiger partial charge >= 0.3 is 5.97 Å². The Morgan fingerprint density at radius 3 is 2.48 bits per heavy atom. The molecule has 4 rings (SSSR count). The second-order valence-corrected chi connectivity index (χ2v) is 11.7. The number of aliphatic hydroxyl groups excluding tert-OH is 1. The van der Waals surface area contributed by atoms with Gasteiger partial charge in [0.05, 0.1) is 46.3 Å². The van der Waals surface area contributed by atoms with Crippen molar-refractivity contribution in [3.8, 4) is 28.3 Å². The van der Waals surface area contributed by atoms with Crippen molar-refractivity contribution < 1.29 is 24.2 Å². The maximum absolute atomic E-state index is 13.6. The molecule has 1 aliphatic rings. The van der Waals surface area contributed by atoms with Crippen molar-refractivity contribution in [3.05, 3.63) is 63.4 Å². The van der Waals surface area contributed by atoms with Crippen LogP contribution in [0.15, 0.2) is 42.6 Å². The van der Waals surface area contributed by atoms with Crippen LogP contribution in [0.2, 0.25) is 15.1 Å². The van der Waals surface area contributed by atoms with Crippen molar-refractivity contribution in [1.29, 1.82) is 0 Å². The number of benzene rings is 1. The number of nitrogens with one attached hydrogen (secondary N) is 1. The van der Waals surface area contributed by atoms with Crippen molar-refractivity contribution in [2.75, 3.05) is 34.4 Å². The SMILES string of the molecule is COC(=O)[C@]1(NC(=O)c2ccc(-c3ncc(Cl)cc3Cl)c(-c3ccc(Cl)c(OCCCN(C)C)c3)n2)CC[C@H](O)CC1. The van der Waals surface area contributed by atoms with Crippen LogP contribution in [0.5, 0.6) is 5.75 Å². The molecule has 42 heavy (non-hydrogen) atoms. The Bertz CT molecular complexity index is 1440. The van der Waals surface area contributed by atoms with E-state index in [4.69, 9.17) is 49.3 Å². The smallest absolute Gasteiger partial charge is 0.331 e. The predicted molar refractivity (Wildman–Crippen MR) is 163 cm³/mol. The minimum Gasteiger partial charge on any atom is -0.492 e. The molecule has 0 radical (unpaired) electrons. The Morgan fingerprint density at radius 1 is 1.07 bits per heavy atom. The van der Waals surface area contributed by atoms with Gasteiger partial charge in [0, 0.05) is 23.9 Å². The number of esters is 1.